The van der Waals surface area contributed by atoms with E-state index in [2.05, 4.69) is 39.8 Å². The smallest absolute Gasteiger partial charge is 0.0160 e. The van der Waals surface area contributed by atoms with Gasteiger partial charge in [0.1, 0.15) is 0 Å². The molecule has 0 amide bonds. The van der Waals surface area contributed by atoms with Crippen molar-refractivity contribution in [3.8, 4) is 0 Å². The van der Waals surface area contributed by atoms with Gasteiger partial charge in [-0.05, 0) is 65.7 Å². The van der Waals surface area contributed by atoms with Crippen molar-refractivity contribution in [3.05, 3.63) is 23.3 Å². The van der Waals surface area contributed by atoms with Gasteiger partial charge < -0.3 is 5.73 Å². The van der Waals surface area contributed by atoms with E-state index in [9.17, 15) is 0 Å². The first-order valence-electron chi connectivity index (χ1n) is 6.49. The summed E-state index contributed by atoms with van der Waals surface area (Å²) in [6.45, 7) is 8.76. The molecule has 0 aliphatic heterocycles. The van der Waals surface area contributed by atoms with Crippen LogP contribution in [0.25, 0.3) is 0 Å². The molecule has 0 bridgehead atoms. The second-order valence-electron chi connectivity index (χ2n) is 5.85. The maximum Gasteiger partial charge on any atom is 0.0160 e. The first-order valence-corrected chi connectivity index (χ1v) is 6.49. The average Bonchev–Trinajstić information content (AvgIpc) is 2.17. The normalized spacial score (nSPS) is 24.6. The number of allylic oxidation sites excluding steroid dienone is 4. The van der Waals surface area contributed by atoms with Crippen molar-refractivity contribution in [2.75, 3.05) is 0 Å². The molecule has 0 aromatic carbocycles. The van der Waals surface area contributed by atoms with Crippen molar-refractivity contribution in [1.82, 2.24) is 0 Å². The van der Waals surface area contributed by atoms with Crippen molar-refractivity contribution in [3.63, 3.8) is 0 Å². The Morgan fingerprint density at radius 3 is 2.75 bits per heavy atom. The molecule has 2 atom stereocenters. The van der Waals surface area contributed by atoms with E-state index in [1.165, 1.54) is 30.4 Å². The zero-order valence-corrected chi connectivity index (χ0v) is 11.3. The molecule has 0 saturated heterocycles. The highest BCUT2D eigenvalue weighted by Crippen LogP contribution is 2.33. The molecule has 0 saturated carbocycles. The molecule has 1 nitrogen and oxygen atoms in total. The Kier molecular flexibility index (Phi) is 4.79. The van der Waals surface area contributed by atoms with Crippen LogP contribution in [0.4, 0.5) is 0 Å². The third-order valence-electron chi connectivity index (χ3n) is 3.81. The second-order valence-corrected chi connectivity index (χ2v) is 5.85. The molecule has 1 rings (SSSR count). The Morgan fingerprint density at radius 1 is 1.56 bits per heavy atom. The van der Waals surface area contributed by atoms with Gasteiger partial charge in [-0.1, -0.05) is 23.3 Å². The minimum Gasteiger partial charge on any atom is -0.325 e. The van der Waals surface area contributed by atoms with Crippen molar-refractivity contribution in [1.29, 1.82) is 0 Å². The summed E-state index contributed by atoms with van der Waals surface area (Å²) in [4.78, 5) is 0. The van der Waals surface area contributed by atoms with Crippen LogP contribution in [0.2, 0.25) is 0 Å². The van der Waals surface area contributed by atoms with Crippen molar-refractivity contribution >= 4 is 0 Å². The Bertz CT molecular complexity index is 280. The summed E-state index contributed by atoms with van der Waals surface area (Å²) in [5, 5.41) is 0. The fourth-order valence-corrected chi connectivity index (χ4v) is 2.44. The standard InChI is InChI=1S/C15H27N/c1-12(2)6-5-11-15(4,16)14-9-7-13(3)8-10-14/h6-7,14H,5,8-11,16H2,1-4H3/t14-,15-/m0/s1. The van der Waals surface area contributed by atoms with Gasteiger partial charge in [0.05, 0.1) is 0 Å². The fraction of sp³-hybridized carbons (Fsp3) is 0.733. The van der Waals surface area contributed by atoms with Crippen LogP contribution in [-0.2, 0) is 0 Å². The van der Waals surface area contributed by atoms with Gasteiger partial charge in [0.15, 0.2) is 0 Å². The van der Waals surface area contributed by atoms with Gasteiger partial charge in [-0.15, -0.1) is 0 Å². The molecule has 0 aromatic rings. The molecule has 0 unspecified atom stereocenters. The van der Waals surface area contributed by atoms with Crippen LogP contribution < -0.4 is 5.73 Å². The lowest BCUT2D eigenvalue weighted by atomic mass is 9.75. The summed E-state index contributed by atoms with van der Waals surface area (Å²) >= 11 is 0. The van der Waals surface area contributed by atoms with E-state index >= 15 is 0 Å². The van der Waals surface area contributed by atoms with Gasteiger partial charge in [-0.2, -0.15) is 0 Å². The van der Waals surface area contributed by atoms with Gasteiger partial charge in [0, 0.05) is 5.54 Å². The topological polar surface area (TPSA) is 26.0 Å². The summed E-state index contributed by atoms with van der Waals surface area (Å²) < 4.78 is 0. The van der Waals surface area contributed by atoms with Crippen LogP contribution in [0.1, 0.15) is 59.8 Å². The van der Waals surface area contributed by atoms with E-state index in [1.807, 2.05) is 0 Å². The van der Waals surface area contributed by atoms with Gasteiger partial charge in [-0.25, -0.2) is 0 Å². The van der Waals surface area contributed by atoms with Gasteiger partial charge >= 0.3 is 0 Å². The quantitative estimate of drug-likeness (QED) is 0.707. The van der Waals surface area contributed by atoms with E-state index in [0.717, 1.165) is 12.8 Å². The SMILES string of the molecule is CC(C)=CCC[C@](C)(N)[C@H]1CC=C(C)CC1. The minimum absolute atomic E-state index is 0.00313. The molecule has 0 fully saturated rings. The molecular weight excluding hydrogens is 194 g/mol. The zero-order chi connectivity index (χ0) is 12.2. The maximum absolute atomic E-state index is 6.46. The molecule has 0 aromatic heterocycles. The van der Waals surface area contributed by atoms with Crippen LogP contribution in [-0.4, -0.2) is 5.54 Å². The summed E-state index contributed by atoms with van der Waals surface area (Å²) in [6, 6.07) is 0. The average molecular weight is 221 g/mol. The molecule has 1 heteroatoms. The van der Waals surface area contributed by atoms with Crippen LogP contribution in [0.15, 0.2) is 23.3 Å². The monoisotopic (exact) mass is 221 g/mol. The molecule has 2 N–H and O–H groups in total. The first kappa shape index (κ1) is 13.5. The zero-order valence-electron chi connectivity index (χ0n) is 11.3. The largest absolute Gasteiger partial charge is 0.325 e. The van der Waals surface area contributed by atoms with E-state index in [-0.39, 0.29) is 5.54 Å². The summed E-state index contributed by atoms with van der Waals surface area (Å²) in [5.74, 6) is 0.668. The van der Waals surface area contributed by atoms with Crippen molar-refractivity contribution in [2.45, 2.75) is 65.3 Å². The molecular formula is C15H27N. The van der Waals surface area contributed by atoms with E-state index in [0.29, 0.717) is 5.92 Å². The molecule has 1 aliphatic carbocycles. The summed E-state index contributed by atoms with van der Waals surface area (Å²) in [7, 11) is 0. The number of nitrogens with two attached hydrogens (primary N) is 1. The first-order chi connectivity index (χ1) is 7.42. The van der Waals surface area contributed by atoms with Gasteiger partial charge in [-0.3, -0.25) is 0 Å². The lowest BCUT2D eigenvalue weighted by Gasteiger charge is -2.36. The predicted octanol–water partition coefficient (Wildman–Crippen LogP) is 4.20. The van der Waals surface area contributed by atoms with Crippen molar-refractivity contribution in [2.24, 2.45) is 11.7 Å². The highest BCUT2D eigenvalue weighted by molar-refractivity contribution is 5.07. The summed E-state index contributed by atoms with van der Waals surface area (Å²) in [5.41, 5.74) is 9.40. The Morgan fingerprint density at radius 2 is 2.25 bits per heavy atom. The Balaban J connectivity index is 2.47. The lowest BCUT2D eigenvalue weighted by molar-refractivity contribution is 0.256. The third-order valence-corrected chi connectivity index (χ3v) is 3.81. The maximum atomic E-state index is 6.46. The van der Waals surface area contributed by atoms with E-state index in [1.54, 1.807) is 0 Å². The second kappa shape index (κ2) is 5.67. The molecule has 1 aliphatic rings. The van der Waals surface area contributed by atoms with Crippen LogP contribution in [0, 0.1) is 5.92 Å². The Hall–Kier alpha value is -0.560. The molecule has 0 radical (unpaired) electrons. The fourth-order valence-electron chi connectivity index (χ4n) is 2.44. The summed E-state index contributed by atoms with van der Waals surface area (Å²) in [6.07, 6.45) is 10.6. The van der Waals surface area contributed by atoms with Crippen molar-refractivity contribution < 1.29 is 0 Å². The van der Waals surface area contributed by atoms with Crippen LogP contribution >= 0.6 is 0 Å². The number of hydrogen-bond donors (Lipinski definition) is 1. The highest BCUT2D eigenvalue weighted by Gasteiger charge is 2.29. The number of rotatable bonds is 4. The highest BCUT2D eigenvalue weighted by atomic mass is 14.7. The van der Waals surface area contributed by atoms with E-state index in [4.69, 9.17) is 5.73 Å². The molecule has 16 heavy (non-hydrogen) atoms. The molecule has 0 spiro atoms. The lowest BCUT2D eigenvalue weighted by Crippen LogP contribution is -2.44. The van der Waals surface area contributed by atoms with Gasteiger partial charge in [0.25, 0.3) is 0 Å². The predicted molar refractivity (Wildman–Crippen MR) is 72.4 cm³/mol. The van der Waals surface area contributed by atoms with E-state index < -0.39 is 0 Å². The van der Waals surface area contributed by atoms with Gasteiger partial charge in [0.2, 0.25) is 0 Å². The van der Waals surface area contributed by atoms with Crippen LogP contribution in [0.3, 0.4) is 0 Å². The Labute approximate surface area is 101 Å². The molecule has 0 heterocycles. The third kappa shape index (κ3) is 4.13. The molecule has 92 valence electrons. The number of hydrogen-bond acceptors (Lipinski definition) is 1. The van der Waals surface area contributed by atoms with Crippen LogP contribution in [0.5, 0.6) is 0 Å². The minimum atomic E-state index is 0.00313.